The molecule has 0 atom stereocenters. The molecule has 0 bridgehead atoms. The van der Waals surface area contributed by atoms with Crippen LogP contribution >= 0.6 is 0 Å². The van der Waals surface area contributed by atoms with Gasteiger partial charge in [0.05, 0.1) is 7.11 Å². The van der Waals surface area contributed by atoms with Crippen LogP contribution in [0.5, 0.6) is 5.75 Å². The zero-order valence-corrected chi connectivity index (χ0v) is 12.6. The molecule has 0 radical (unpaired) electrons. The van der Waals surface area contributed by atoms with E-state index in [1.807, 2.05) is 24.3 Å². The van der Waals surface area contributed by atoms with Gasteiger partial charge in [0.25, 0.3) is 0 Å². The van der Waals surface area contributed by atoms with E-state index in [-0.39, 0.29) is 0 Å². The Bertz CT molecular complexity index is 661. The van der Waals surface area contributed by atoms with Crippen LogP contribution in [0.2, 0.25) is 0 Å². The van der Waals surface area contributed by atoms with Crippen LogP contribution in [0.15, 0.2) is 29.3 Å². The van der Waals surface area contributed by atoms with Crippen LogP contribution in [-0.4, -0.2) is 27.8 Å². The van der Waals surface area contributed by atoms with Gasteiger partial charge >= 0.3 is 0 Å². The molecule has 7 heteroatoms. The molecule has 0 fully saturated rings. The Morgan fingerprint density at radius 3 is 2.91 bits per heavy atom. The quantitative estimate of drug-likeness (QED) is 0.660. The average Bonchev–Trinajstić information content (AvgIpc) is 2.97. The second-order valence-electron chi connectivity index (χ2n) is 5.20. The zero-order valence-electron chi connectivity index (χ0n) is 12.6. The summed E-state index contributed by atoms with van der Waals surface area (Å²) in [4.78, 5) is 4.34. The highest BCUT2D eigenvalue weighted by Gasteiger charge is 2.15. The fourth-order valence-electron chi connectivity index (χ4n) is 2.50. The topological polar surface area (TPSA) is 90.3 Å². The molecule has 0 unspecified atom stereocenters. The van der Waals surface area contributed by atoms with Gasteiger partial charge in [-0.3, -0.25) is 0 Å². The molecule has 7 nitrogen and oxygen atoms in total. The van der Waals surface area contributed by atoms with Gasteiger partial charge in [-0.1, -0.05) is 0 Å². The van der Waals surface area contributed by atoms with E-state index in [2.05, 4.69) is 25.1 Å². The number of benzene rings is 1. The molecule has 22 heavy (non-hydrogen) atoms. The van der Waals surface area contributed by atoms with Crippen molar-refractivity contribution in [2.75, 3.05) is 12.4 Å². The highest BCUT2D eigenvalue weighted by atomic mass is 16.5. The molecule has 0 spiro atoms. The summed E-state index contributed by atoms with van der Waals surface area (Å²) in [5, 5.41) is 11.5. The molecule has 1 aliphatic rings. The maximum Gasteiger partial charge on any atom is 0.193 e. The molecule has 0 saturated carbocycles. The van der Waals surface area contributed by atoms with Crippen molar-refractivity contribution in [2.24, 2.45) is 10.7 Å². The Labute approximate surface area is 129 Å². The number of rotatable bonds is 4. The lowest BCUT2D eigenvalue weighted by Gasteiger charge is -2.14. The number of anilines is 1. The van der Waals surface area contributed by atoms with Crippen molar-refractivity contribution >= 4 is 11.6 Å². The highest BCUT2D eigenvalue weighted by molar-refractivity contribution is 5.92. The Balaban J connectivity index is 1.63. The van der Waals surface area contributed by atoms with Crippen LogP contribution in [0, 0.1) is 0 Å². The smallest absolute Gasteiger partial charge is 0.193 e. The van der Waals surface area contributed by atoms with E-state index < -0.39 is 0 Å². The molecule has 116 valence electrons. The number of guanidine groups is 1. The molecule has 2 heterocycles. The monoisotopic (exact) mass is 300 g/mol. The minimum Gasteiger partial charge on any atom is -0.497 e. The van der Waals surface area contributed by atoms with E-state index in [0.717, 1.165) is 36.1 Å². The normalized spacial score (nSPS) is 14.5. The third kappa shape index (κ3) is 3.19. The third-order valence-corrected chi connectivity index (χ3v) is 3.69. The zero-order chi connectivity index (χ0) is 15.4. The number of aryl methyl sites for hydroxylation is 1. The van der Waals surface area contributed by atoms with Gasteiger partial charge in [0.2, 0.25) is 0 Å². The second-order valence-corrected chi connectivity index (χ2v) is 5.20. The average molecular weight is 300 g/mol. The van der Waals surface area contributed by atoms with Gasteiger partial charge < -0.3 is 20.4 Å². The number of nitrogens with one attached hydrogen (secondary N) is 1. The van der Waals surface area contributed by atoms with E-state index in [0.29, 0.717) is 12.5 Å². The molecule has 3 rings (SSSR count). The lowest BCUT2D eigenvalue weighted by Crippen LogP contribution is -2.23. The molecule has 1 aliphatic heterocycles. The predicted molar refractivity (Wildman–Crippen MR) is 84.9 cm³/mol. The lowest BCUT2D eigenvalue weighted by atomic mass is 10.2. The van der Waals surface area contributed by atoms with Gasteiger partial charge in [-0.25, -0.2) is 4.99 Å². The number of nitrogens with zero attached hydrogens (tertiary/aromatic N) is 4. The van der Waals surface area contributed by atoms with Crippen LogP contribution in [0.3, 0.4) is 0 Å². The summed E-state index contributed by atoms with van der Waals surface area (Å²) in [5.41, 5.74) is 6.79. The van der Waals surface area contributed by atoms with Crippen molar-refractivity contribution in [3.63, 3.8) is 0 Å². The van der Waals surface area contributed by atoms with E-state index in [1.165, 1.54) is 12.8 Å². The third-order valence-electron chi connectivity index (χ3n) is 3.69. The molecule has 0 saturated heterocycles. The standard InChI is InChI=1S/C15H20N6O/c1-22-12-7-5-11(6-8-12)18-15(16)17-10-14-20-19-13-4-2-3-9-21(13)14/h5-8H,2-4,9-10H2,1H3,(H3,16,17,18). The van der Waals surface area contributed by atoms with Crippen molar-refractivity contribution in [1.82, 2.24) is 14.8 Å². The number of aliphatic imine (C=N–C) groups is 1. The number of aromatic nitrogens is 3. The number of hydrogen-bond donors (Lipinski definition) is 2. The van der Waals surface area contributed by atoms with Crippen LogP contribution in [0.25, 0.3) is 0 Å². The summed E-state index contributed by atoms with van der Waals surface area (Å²) in [5.74, 6) is 3.08. The summed E-state index contributed by atoms with van der Waals surface area (Å²) in [6, 6.07) is 7.51. The highest BCUT2D eigenvalue weighted by Crippen LogP contribution is 2.16. The minimum absolute atomic E-state index is 0.360. The number of hydrogen-bond acceptors (Lipinski definition) is 4. The first-order valence-electron chi connectivity index (χ1n) is 7.38. The van der Waals surface area contributed by atoms with E-state index >= 15 is 0 Å². The number of nitrogens with two attached hydrogens (primary N) is 1. The fourth-order valence-corrected chi connectivity index (χ4v) is 2.50. The molecule has 2 aromatic rings. The largest absolute Gasteiger partial charge is 0.497 e. The van der Waals surface area contributed by atoms with Crippen molar-refractivity contribution < 1.29 is 4.74 Å². The molecule has 0 aliphatic carbocycles. The first kappa shape index (κ1) is 14.4. The summed E-state index contributed by atoms with van der Waals surface area (Å²) >= 11 is 0. The van der Waals surface area contributed by atoms with Gasteiger partial charge in [-0.05, 0) is 37.1 Å². The van der Waals surface area contributed by atoms with E-state index in [4.69, 9.17) is 10.5 Å². The number of methoxy groups -OCH3 is 1. The summed E-state index contributed by atoms with van der Waals surface area (Å²) in [6.07, 6.45) is 3.35. The SMILES string of the molecule is COc1ccc(NC(N)=NCc2nnc3n2CCCC3)cc1. The summed E-state index contributed by atoms with van der Waals surface area (Å²) in [7, 11) is 1.64. The van der Waals surface area contributed by atoms with Gasteiger partial charge in [0.15, 0.2) is 11.8 Å². The van der Waals surface area contributed by atoms with Crippen LogP contribution in [0.4, 0.5) is 5.69 Å². The van der Waals surface area contributed by atoms with Crippen molar-refractivity contribution in [1.29, 1.82) is 0 Å². The van der Waals surface area contributed by atoms with Crippen LogP contribution in [0.1, 0.15) is 24.5 Å². The van der Waals surface area contributed by atoms with Gasteiger partial charge in [0, 0.05) is 18.7 Å². The number of fused-ring (bicyclic) bond motifs is 1. The summed E-state index contributed by atoms with van der Waals surface area (Å²) < 4.78 is 7.26. The van der Waals surface area contributed by atoms with Gasteiger partial charge in [-0.15, -0.1) is 10.2 Å². The lowest BCUT2D eigenvalue weighted by molar-refractivity contribution is 0.415. The van der Waals surface area contributed by atoms with Crippen molar-refractivity contribution in [3.8, 4) is 5.75 Å². The first-order chi connectivity index (χ1) is 10.8. The van der Waals surface area contributed by atoms with Crippen LogP contribution in [-0.2, 0) is 19.5 Å². The second kappa shape index (κ2) is 6.46. The predicted octanol–water partition coefficient (Wildman–Crippen LogP) is 1.55. The number of ether oxygens (including phenoxy) is 1. The molecule has 0 amide bonds. The van der Waals surface area contributed by atoms with Crippen molar-refractivity contribution in [3.05, 3.63) is 35.9 Å². The Hall–Kier alpha value is -2.57. The first-order valence-corrected chi connectivity index (χ1v) is 7.38. The molecule has 3 N–H and O–H groups in total. The molecular formula is C15H20N6O. The van der Waals surface area contributed by atoms with Crippen molar-refractivity contribution in [2.45, 2.75) is 32.4 Å². The molecular weight excluding hydrogens is 280 g/mol. The van der Waals surface area contributed by atoms with Crippen LogP contribution < -0.4 is 15.8 Å². The van der Waals surface area contributed by atoms with E-state index in [9.17, 15) is 0 Å². The van der Waals surface area contributed by atoms with E-state index in [1.54, 1.807) is 7.11 Å². The molecule has 1 aromatic carbocycles. The van der Waals surface area contributed by atoms with Gasteiger partial charge in [-0.2, -0.15) is 0 Å². The Morgan fingerprint density at radius 2 is 2.14 bits per heavy atom. The maximum absolute atomic E-state index is 5.92. The minimum atomic E-state index is 0.360. The maximum atomic E-state index is 5.92. The molecule has 1 aromatic heterocycles. The Morgan fingerprint density at radius 1 is 1.32 bits per heavy atom. The Kier molecular flexibility index (Phi) is 4.22. The fraction of sp³-hybridized carbons (Fsp3) is 0.400. The summed E-state index contributed by atoms with van der Waals surface area (Å²) in [6.45, 7) is 1.40. The van der Waals surface area contributed by atoms with Gasteiger partial charge in [0.1, 0.15) is 18.1 Å².